The monoisotopic (exact) mass is 530 g/mol. The minimum absolute atomic E-state index is 0.00834. The second kappa shape index (κ2) is 12.6. The lowest BCUT2D eigenvalue weighted by Gasteiger charge is -2.38. The van der Waals surface area contributed by atoms with Crippen LogP contribution in [0.2, 0.25) is 0 Å². The van der Waals surface area contributed by atoms with Gasteiger partial charge in [-0.25, -0.2) is 13.2 Å². The van der Waals surface area contributed by atoms with Crippen LogP contribution in [-0.2, 0) is 24.4 Å². The molecule has 0 radical (unpaired) electrons. The van der Waals surface area contributed by atoms with E-state index in [-0.39, 0.29) is 31.3 Å². The molecule has 2 saturated carbocycles. The first-order valence-corrected chi connectivity index (χ1v) is 14.5. The Balaban J connectivity index is 1.59. The minimum atomic E-state index is -5.16. The number of aliphatic hydroxyl groups is 1. The van der Waals surface area contributed by atoms with Crippen molar-refractivity contribution in [3.63, 3.8) is 0 Å². The van der Waals surface area contributed by atoms with E-state index in [1.54, 1.807) is 0 Å². The summed E-state index contributed by atoms with van der Waals surface area (Å²) >= 11 is 0. The molecule has 0 aromatic heterocycles. The van der Waals surface area contributed by atoms with Crippen LogP contribution in [0.1, 0.15) is 71.6 Å². The van der Waals surface area contributed by atoms with Crippen LogP contribution in [0.25, 0.3) is 0 Å². The van der Waals surface area contributed by atoms with Gasteiger partial charge in [-0.2, -0.15) is 0 Å². The molecule has 206 valence electrons. The van der Waals surface area contributed by atoms with Crippen molar-refractivity contribution < 1.29 is 37.2 Å². The topological polar surface area (TPSA) is 174 Å². The Kier molecular flexibility index (Phi) is 9.99. The number of fused-ring (bicyclic) bond motifs is 2. The van der Waals surface area contributed by atoms with Crippen molar-refractivity contribution in [3.8, 4) is 0 Å². The number of alkyl carbamates (subject to hydrolysis) is 1. The SMILES string of the molecule is CC(C)C[C@H](NC(=O)OCC1C[C@H]2CCC[C@@H](C1)C2)C(=O)N[C@@H](C[C@@H]1CCNC1=O)C(O)S(=O)(=O)[O-]. The molecule has 0 spiro atoms. The first-order chi connectivity index (χ1) is 16.9. The first-order valence-electron chi connectivity index (χ1n) is 13.1. The molecule has 2 bridgehead atoms. The van der Waals surface area contributed by atoms with E-state index in [9.17, 15) is 32.5 Å². The van der Waals surface area contributed by atoms with Gasteiger partial charge in [0, 0.05) is 12.5 Å². The van der Waals surface area contributed by atoms with E-state index < -0.39 is 45.6 Å². The van der Waals surface area contributed by atoms with Gasteiger partial charge in [0.2, 0.25) is 11.8 Å². The zero-order valence-corrected chi connectivity index (χ0v) is 21.9. The summed E-state index contributed by atoms with van der Waals surface area (Å²) in [7, 11) is -5.16. The van der Waals surface area contributed by atoms with Crippen LogP contribution in [0, 0.1) is 29.6 Å². The summed E-state index contributed by atoms with van der Waals surface area (Å²) in [6.07, 6.45) is 6.71. The summed E-state index contributed by atoms with van der Waals surface area (Å²) in [6.45, 7) is 4.37. The molecule has 3 amide bonds. The van der Waals surface area contributed by atoms with Gasteiger partial charge < -0.3 is 30.3 Å². The lowest BCUT2D eigenvalue weighted by atomic mass is 9.68. The highest BCUT2D eigenvalue weighted by Crippen LogP contribution is 2.42. The van der Waals surface area contributed by atoms with E-state index in [0.717, 1.165) is 12.8 Å². The number of ether oxygens (including phenoxy) is 1. The van der Waals surface area contributed by atoms with Crippen molar-refractivity contribution in [2.45, 2.75) is 89.2 Å². The average Bonchev–Trinajstić information content (AvgIpc) is 3.19. The average molecular weight is 531 g/mol. The van der Waals surface area contributed by atoms with Gasteiger partial charge in [0.05, 0.1) is 12.6 Å². The van der Waals surface area contributed by atoms with E-state index in [1.165, 1.54) is 25.7 Å². The summed E-state index contributed by atoms with van der Waals surface area (Å²) < 4.78 is 39.9. The van der Waals surface area contributed by atoms with Gasteiger partial charge in [-0.1, -0.05) is 33.1 Å². The molecule has 2 aliphatic carbocycles. The van der Waals surface area contributed by atoms with Crippen LogP contribution in [0.3, 0.4) is 0 Å². The van der Waals surface area contributed by atoms with Crippen LogP contribution in [0.5, 0.6) is 0 Å². The van der Waals surface area contributed by atoms with Crippen LogP contribution >= 0.6 is 0 Å². The Morgan fingerprint density at radius 2 is 1.81 bits per heavy atom. The molecular formula is C24H40N3O8S-. The Bertz CT molecular complexity index is 884. The smallest absolute Gasteiger partial charge is 0.407 e. The number of aliphatic hydroxyl groups excluding tert-OH is 1. The lowest BCUT2D eigenvalue weighted by molar-refractivity contribution is -0.126. The molecule has 3 aliphatic rings. The highest BCUT2D eigenvalue weighted by Gasteiger charge is 2.36. The molecule has 4 N–H and O–H groups in total. The lowest BCUT2D eigenvalue weighted by Crippen LogP contribution is -2.55. The van der Waals surface area contributed by atoms with Crippen LogP contribution in [-0.4, -0.2) is 66.7 Å². The summed E-state index contributed by atoms with van der Waals surface area (Å²) in [4.78, 5) is 37.6. The minimum Gasteiger partial charge on any atom is -0.746 e. The van der Waals surface area contributed by atoms with Crippen LogP contribution in [0.4, 0.5) is 4.79 Å². The van der Waals surface area contributed by atoms with Gasteiger partial charge in [0.25, 0.3) is 0 Å². The second-order valence-corrected chi connectivity index (χ2v) is 12.6. The fourth-order valence-corrected chi connectivity index (χ4v) is 6.58. The van der Waals surface area contributed by atoms with Gasteiger partial charge in [-0.15, -0.1) is 0 Å². The number of rotatable bonds is 11. The van der Waals surface area contributed by atoms with Crippen molar-refractivity contribution in [2.24, 2.45) is 29.6 Å². The van der Waals surface area contributed by atoms with E-state index in [0.29, 0.717) is 30.7 Å². The normalized spacial score (nSPS) is 28.6. The first kappa shape index (κ1) is 28.6. The van der Waals surface area contributed by atoms with Crippen molar-refractivity contribution in [1.29, 1.82) is 0 Å². The van der Waals surface area contributed by atoms with Crippen molar-refractivity contribution >= 4 is 28.0 Å². The van der Waals surface area contributed by atoms with Gasteiger partial charge in [0.15, 0.2) is 5.44 Å². The molecule has 3 rings (SSSR count). The van der Waals surface area contributed by atoms with E-state index in [4.69, 9.17) is 4.74 Å². The second-order valence-electron chi connectivity index (χ2n) is 11.2. The number of carbonyl (C=O) groups excluding carboxylic acids is 3. The van der Waals surface area contributed by atoms with Crippen LogP contribution < -0.4 is 16.0 Å². The maximum atomic E-state index is 13.1. The maximum absolute atomic E-state index is 13.1. The van der Waals surface area contributed by atoms with Crippen molar-refractivity contribution in [1.82, 2.24) is 16.0 Å². The highest BCUT2D eigenvalue weighted by molar-refractivity contribution is 7.86. The largest absolute Gasteiger partial charge is 0.746 e. The molecular weight excluding hydrogens is 490 g/mol. The quantitative estimate of drug-likeness (QED) is 0.288. The number of amides is 3. The molecule has 2 unspecified atom stereocenters. The number of nitrogens with one attached hydrogen (secondary N) is 3. The Labute approximate surface area is 213 Å². The van der Waals surface area contributed by atoms with Gasteiger partial charge >= 0.3 is 6.09 Å². The van der Waals surface area contributed by atoms with Gasteiger partial charge in [-0.3, -0.25) is 9.59 Å². The standard InChI is InChI=1S/C24H41N3O8S/c1-14(2)8-19(27-24(31)35-13-17-10-15-4-3-5-16(9-15)11-17)22(29)26-20(23(30)36(32,33)34)12-18-6-7-25-21(18)28/h14-20,23,30H,3-13H2,1-2H3,(H,25,28)(H,26,29)(H,27,31)(H,32,33,34)/p-1/t15-,16+,17?,18-,19-,20-,23?/m0/s1. The third-order valence-electron chi connectivity index (χ3n) is 7.66. The van der Waals surface area contributed by atoms with E-state index in [2.05, 4.69) is 16.0 Å². The van der Waals surface area contributed by atoms with E-state index in [1.807, 2.05) is 13.8 Å². The molecule has 12 heteroatoms. The number of carbonyl (C=O) groups is 3. The number of hydrogen-bond donors (Lipinski definition) is 4. The number of hydrogen-bond acceptors (Lipinski definition) is 8. The molecule has 3 fully saturated rings. The predicted molar refractivity (Wildman–Crippen MR) is 129 cm³/mol. The summed E-state index contributed by atoms with van der Waals surface area (Å²) in [5.74, 6) is -0.0610. The fraction of sp³-hybridized carbons (Fsp3) is 0.875. The van der Waals surface area contributed by atoms with Gasteiger partial charge in [0.1, 0.15) is 16.2 Å². The molecule has 7 atom stereocenters. The molecule has 0 aromatic rings. The summed E-state index contributed by atoms with van der Waals surface area (Å²) in [5, 5.41) is 17.7. The predicted octanol–water partition coefficient (Wildman–Crippen LogP) is 1.22. The summed E-state index contributed by atoms with van der Waals surface area (Å²) in [6, 6.07) is -2.56. The third kappa shape index (κ3) is 8.31. The molecule has 11 nitrogen and oxygen atoms in total. The molecule has 1 aliphatic heterocycles. The molecule has 36 heavy (non-hydrogen) atoms. The zero-order chi connectivity index (χ0) is 26.5. The molecule has 1 saturated heterocycles. The van der Waals surface area contributed by atoms with E-state index >= 15 is 0 Å². The summed E-state index contributed by atoms with van der Waals surface area (Å²) in [5.41, 5.74) is -2.42. The van der Waals surface area contributed by atoms with Gasteiger partial charge in [-0.05, 0) is 62.2 Å². The molecule has 0 aromatic carbocycles. The highest BCUT2D eigenvalue weighted by atomic mass is 32.2. The Morgan fingerprint density at radius 1 is 1.14 bits per heavy atom. The molecule has 1 heterocycles. The van der Waals surface area contributed by atoms with Crippen LogP contribution in [0.15, 0.2) is 0 Å². The third-order valence-corrected chi connectivity index (χ3v) is 8.58. The maximum Gasteiger partial charge on any atom is 0.407 e. The fourth-order valence-electron chi connectivity index (χ4n) is 5.99. The van der Waals surface area contributed by atoms with Crippen molar-refractivity contribution in [2.75, 3.05) is 13.2 Å². The Hall–Kier alpha value is -1.92. The zero-order valence-electron chi connectivity index (χ0n) is 21.1. The van der Waals surface area contributed by atoms with Crippen molar-refractivity contribution in [3.05, 3.63) is 0 Å². The Morgan fingerprint density at radius 3 is 2.36 bits per heavy atom.